The summed E-state index contributed by atoms with van der Waals surface area (Å²) in [5.41, 5.74) is 1.79. The van der Waals surface area contributed by atoms with E-state index in [0.29, 0.717) is 6.04 Å². The quantitative estimate of drug-likeness (QED) is 0.666. The molecule has 1 atom stereocenters. The molecule has 1 aromatic rings. The number of rotatable bonds is 9. The van der Waals surface area contributed by atoms with Gasteiger partial charge in [0.05, 0.1) is 0 Å². The van der Waals surface area contributed by atoms with Crippen molar-refractivity contribution in [1.29, 1.82) is 0 Å². The van der Waals surface area contributed by atoms with Gasteiger partial charge in [-0.25, -0.2) is 0 Å². The minimum atomic E-state index is 0.284. The molecule has 0 amide bonds. The summed E-state index contributed by atoms with van der Waals surface area (Å²) in [6.07, 6.45) is 6.12. The Kier molecular flexibility index (Phi) is 7.15. The molecule has 0 saturated carbocycles. The monoisotopic (exact) mass is 261 g/mol. The molecule has 0 saturated heterocycles. The average molecular weight is 261 g/mol. The number of nitrogens with one attached hydrogen (secondary N) is 1. The van der Waals surface area contributed by atoms with Gasteiger partial charge in [-0.3, -0.25) is 0 Å². The smallest absolute Gasteiger partial charge is 0.0164 e. The highest BCUT2D eigenvalue weighted by atomic mass is 14.9. The summed E-state index contributed by atoms with van der Waals surface area (Å²) in [4.78, 5) is 0. The fourth-order valence-electron chi connectivity index (χ4n) is 3.30. The van der Waals surface area contributed by atoms with Crippen LogP contribution in [0.2, 0.25) is 0 Å². The van der Waals surface area contributed by atoms with E-state index in [1.54, 1.807) is 0 Å². The van der Waals surface area contributed by atoms with Crippen molar-refractivity contribution in [2.24, 2.45) is 0 Å². The van der Waals surface area contributed by atoms with E-state index < -0.39 is 0 Å². The lowest BCUT2D eigenvalue weighted by molar-refractivity contribution is 0.256. The summed E-state index contributed by atoms with van der Waals surface area (Å²) in [6, 6.07) is 11.7. The summed E-state index contributed by atoms with van der Waals surface area (Å²) in [5, 5.41) is 3.81. The van der Waals surface area contributed by atoms with Crippen LogP contribution in [0.25, 0.3) is 0 Å². The molecule has 0 fully saturated rings. The van der Waals surface area contributed by atoms with Gasteiger partial charge in [-0.15, -0.1) is 0 Å². The zero-order chi connectivity index (χ0) is 14.1. The Morgan fingerprint density at radius 3 is 2.05 bits per heavy atom. The minimum absolute atomic E-state index is 0.284. The molecule has 1 N–H and O–H groups in total. The number of hydrogen-bond donors (Lipinski definition) is 1. The SMILES string of the molecule is CCCNC(CCC)C(CC)(CC)c1ccccc1. The fraction of sp³-hybridized carbons (Fsp3) is 0.667. The van der Waals surface area contributed by atoms with E-state index in [9.17, 15) is 0 Å². The maximum absolute atomic E-state index is 3.81. The Labute approximate surface area is 119 Å². The minimum Gasteiger partial charge on any atom is -0.313 e. The molecule has 108 valence electrons. The molecule has 0 spiro atoms. The topological polar surface area (TPSA) is 12.0 Å². The van der Waals surface area contributed by atoms with Crippen LogP contribution < -0.4 is 5.32 Å². The Bertz CT molecular complexity index is 327. The van der Waals surface area contributed by atoms with Gasteiger partial charge in [-0.05, 0) is 37.8 Å². The van der Waals surface area contributed by atoms with Crippen LogP contribution in [-0.2, 0) is 5.41 Å². The van der Waals surface area contributed by atoms with Crippen molar-refractivity contribution in [3.05, 3.63) is 35.9 Å². The maximum atomic E-state index is 3.81. The van der Waals surface area contributed by atoms with E-state index in [0.717, 1.165) is 6.54 Å². The van der Waals surface area contributed by atoms with E-state index in [1.165, 1.54) is 37.7 Å². The highest BCUT2D eigenvalue weighted by molar-refractivity contribution is 5.27. The largest absolute Gasteiger partial charge is 0.313 e. The van der Waals surface area contributed by atoms with E-state index in [4.69, 9.17) is 0 Å². The Morgan fingerprint density at radius 1 is 0.947 bits per heavy atom. The summed E-state index contributed by atoms with van der Waals surface area (Å²) in [6.45, 7) is 10.3. The Balaban J connectivity index is 3.06. The van der Waals surface area contributed by atoms with Gasteiger partial charge in [-0.2, -0.15) is 0 Å². The van der Waals surface area contributed by atoms with Crippen LogP contribution in [0.15, 0.2) is 30.3 Å². The average Bonchev–Trinajstić information content (AvgIpc) is 2.47. The summed E-state index contributed by atoms with van der Waals surface area (Å²) in [5.74, 6) is 0. The molecule has 19 heavy (non-hydrogen) atoms. The normalized spacial score (nSPS) is 13.5. The summed E-state index contributed by atoms with van der Waals surface area (Å²) >= 11 is 0. The van der Waals surface area contributed by atoms with Crippen molar-refractivity contribution in [2.75, 3.05) is 6.54 Å². The van der Waals surface area contributed by atoms with Crippen LogP contribution in [0.3, 0.4) is 0 Å². The van der Waals surface area contributed by atoms with Gasteiger partial charge in [0.2, 0.25) is 0 Å². The molecular formula is C18H31N. The lowest BCUT2D eigenvalue weighted by Crippen LogP contribution is -2.48. The van der Waals surface area contributed by atoms with E-state index in [2.05, 4.69) is 63.3 Å². The van der Waals surface area contributed by atoms with Gasteiger partial charge >= 0.3 is 0 Å². The third kappa shape index (κ3) is 3.82. The van der Waals surface area contributed by atoms with Gasteiger partial charge in [0, 0.05) is 11.5 Å². The van der Waals surface area contributed by atoms with Crippen molar-refractivity contribution in [2.45, 2.75) is 71.3 Å². The maximum Gasteiger partial charge on any atom is 0.0164 e. The first kappa shape index (κ1) is 16.2. The Morgan fingerprint density at radius 2 is 1.58 bits per heavy atom. The van der Waals surface area contributed by atoms with E-state index in [-0.39, 0.29) is 5.41 Å². The predicted octanol–water partition coefficient (Wildman–Crippen LogP) is 4.91. The van der Waals surface area contributed by atoms with Crippen molar-refractivity contribution in [3.8, 4) is 0 Å². The van der Waals surface area contributed by atoms with Crippen LogP contribution in [0, 0.1) is 0 Å². The lowest BCUT2D eigenvalue weighted by Gasteiger charge is -2.41. The second-order valence-electron chi connectivity index (χ2n) is 5.52. The number of benzene rings is 1. The van der Waals surface area contributed by atoms with Crippen molar-refractivity contribution in [1.82, 2.24) is 5.32 Å². The molecule has 0 aliphatic rings. The standard InChI is InChI=1S/C18H31N/c1-5-12-17(19-15-6-2)18(7-3,8-4)16-13-10-9-11-14-16/h9-11,13-14,17,19H,5-8,12,15H2,1-4H3. The van der Waals surface area contributed by atoms with E-state index in [1.807, 2.05) is 0 Å². The van der Waals surface area contributed by atoms with Gasteiger partial charge < -0.3 is 5.32 Å². The van der Waals surface area contributed by atoms with Gasteiger partial charge in [-0.1, -0.05) is 64.4 Å². The zero-order valence-corrected chi connectivity index (χ0v) is 13.2. The van der Waals surface area contributed by atoms with Crippen LogP contribution in [0.5, 0.6) is 0 Å². The first-order valence-corrected chi connectivity index (χ1v) is 8.04. The second kappa shape index (κ2) is 8.37. The van der Waals surface area contributed by atoms with E-state index >= 15 is 0 Å². The highest BCUT2D eigenvalue weighted by Crippen LogP contribution is 2.37. The molecule has 0 aliphatic heterocycles. The molecular weight excluding hydrogens is 230 g/mol. The molecule has 0 aliphatic carbocycles. The van der Waals surface area contributed by atoms with Crippen LogP contribution in [0.1, 0.15) is 65.4 Å². The summed E-state index contributed by atoms with van der Waals surface area (Å²) < 4.78 is 0. The van der Waals surface area contributed by atoms with Crippen molar-refractivity contribution >= 4 is 0 Å². The third-order valence-electron chi connectivity index (χ3n) is 4.50. The first-order valence-electron chi connectivity index (χ1n) is 8.04. The van der Waals surface area contributed by atoms with Crippen LogP contribution >= 0.6 is 0 Å². The fourth-order valence-corrected chi connectivity index (χ4v) is 3.30. The second-order valence-corrected chi connectivity index (χ2v) is 5.52. The third-order valence-corrected chi connectivity index (χ3v) is 4.50. The Hall–Kier alpha value is -0.820. The van der Waals surface area contributed by atoms with Gasteiger partial charge in [0.15, 0.2) is 0 Å². The van der Waals surface area contributed by atoms with Gasteiger partial charge in [0.25, 0.3) is 0 Å². The molecule has 0 radical (unpaired) electrons. The molecule has 1 unspecified atom stereocenters. The molecule has 1 heteroatoms. The molecule has 0 heterocycles. The molecule has 1 rings (SSSR count). The van der Waals surface area contributed by atoms with Crippen LogP contribution in [0.4, 0.5) is 0 Å². The lowest BCUT2D eigenvalue weighted by atomic mass is 9.69. The number of hydrogen-bond acceptors (Lipinski definition) is 1. The zero-order valence-electron chi connectivity index (χ0n) is 13.2. The predicted molar refractivity (Wildman–Crippen MR) is 85.7 cm³/mol. The van der Waals surface area contributed by atoms with Crippen LogP contribution in [-0.4, -0.2) is 12.6 Å². The van der Waals surface area contributed by atoms with Gasteiger partial charge in [0.1, 0.15) is 0 Å². The highest BCUT2D eigenvalue weighted by Gasteiger charge is 2.36. The molecule has 1 aromatic carbocycles. The molecule has 0 bridgehead atoms. The molecule has 1 nitrogen and oxygen atoms in total. The first-order chi connectivity index (χ1) is 9.25. The van der Waals surface area contributed by atoms with Crippen molar-refractivity contribution in [3.63, 3.8) is 0 Å². The summed E-state index contributed by atoms with van der Waals surface area (Å²) in [7, 11) is 0. The molecule has 0 aromatic heterocycles. The van der Waals surface area contributed by atoms with Crippen molar-refractivity contribution < 1.29 is 0 Å².